The number of hydrogen-bond acceptors (Lipinski definition) is 5. The summed E-state index contributed by atoms with van der Waals surface area (Å²) in [4.78, 5) is 7.30. The second-order valence-electron chi connectivity index (χ2n) is 10.2. The van der Waals surface area contributed by atoms with Gasteiger partial charge >= 0.3 is 0 Å². The van der Waals surface area contributed by atoms with Gasteiger partial charge in [-0.3, -0.25) is 4.90 Å². The van der Waals surface area contributed by atoms with Gasteiger partial charge in [-0.15, -0.1) is 0 Å². The van der Waals surface area contributed by atoms with Crippen molar-refractivity contribution in [3.8, 4) is 0 Å². The standard InChI is InChI=1S/C31H30N2O3/c1-30(2)21-36-29(32-30)27-26(28(34)25-19-12-20-35-25)33(27)31(22-13-6-3-7-14-22,23-15-8-4-9-16-23)24-17-10-5-11-18-24/h3-20,26-28,34H,21H2,1-2H3/t26?,27?,28-,33?/m1/s1. The minimum absolute atomic E-state index is 0.229. The molecule has 0 saturated carbocycles. The number of aliphatic imine (C=N–C) groups is 1. The summed E-state index contributed by atoms with van der Waals surface area (Å²) in [7, 11) is 0. The van der Waals surface area contributed by atoms with Gasteiger partial charge in [-0.1, -0.05) is 91.0 Å². The summed E-state index contributed by atoms with van der Waals surface area (Å²) in [5.74, 6) is 1.20. The Hall–Kier alpha value is -3.67. The summed E-state index contributed by atoms with van der Waals surface area (Å²) in [6.07, 6.45) is 0.752. The van der Waals surface area contributed by atoms with Crippen LogP contribution in [0, 0.1) is 0 Å². The lowest BCUT2D eigenvalue weighted by atomic mass is 9.76. The molecule has 2 aliphatic rings. The van der Waals surface area contributed by atoms with E-state index >= 15 is 0 Å². The maximum Gasteiger partial charge on any atom is 0.203 e. The normalized spacial score (nSPS) is 23.5. The van der Waals surface area contributed by atoms with E-state index in [1.165, 1.54) is 0 Å². The first-order valence-electron chi connectivity index (χ1n) is 12.4. The first-order valence-corrected chi connectivity index (χ1v) is 12.4. The van der Waals surface area contributed by atoms with Gasteiger partial charge in [0.2, 0.25) is 5.90 Å². The third kappa shape index (κ3) is 3.67. The van der Waals surface area contributed by atoms with Crippen molar-refractivity contribution in [3.05, 3.63) is 132 Å². The summed E-state index contributed by atoms with van der Waals surface area (Å²) < 4.78 is 11.9. The summed E-state index contributed by atoms with van der Waals surface area (Å²) >= 11 is 0. The van der Waals surface area contributed by atoms with Gasteiger partial charge in [0.1, 0.15) is 24.5 Å². The third-order valence-electron chi connectivity index (χ3n) is 7.21. The molecule has 1 saturated heterocycles. The first-order chi connectivity index (χ1) is 17.5. The molecule has 6 rings (SSSR count). The highest BCUT2D eigenvalue weighted by atomic mass is 16.5. The van der Waals surface area contributed by atoms with Gasteiger partial charge in [-0.25, -0.2) is 4.99 Å². The Balaban J connectivity index is 1.61. The van der Waals surface area contributed by atoms with E-state index < -0.39 is 11.6 Å². The van der Waals surface area contributed by atoms with Gasteiger partial charge in [-0.05, 0) is 42.7 Å². The van der Waals surface area contributed by atoms with Crippen molar-refractivity contribution in [2.45, 2.75) is 43.1 Å². The summed E-state index contributed by atoms with van der Waals surface area (Å²) in [5.41, 5.74) is 2.34. The zero-order chi connectivity index (χ0) is 24.8. The maximum atomic E-state index is 11.6. The molecule has 1 fully saturated rings. The van der Waals surface area contributed by atoms with Gasteiger partial charge in [0.05, 0.1) is 23.4 Å². The van der Waals surface area contributed by atoms with Gasteiger partial charge < -0.3 is 14.3 Å². The lowest BCUT2D eigenvalue weighted by Gasteiger charge is -2.39. The quantitative estimate of drug-likeness (QED) is 0.279. The Labute approximate surface area is 211 Å². The van der Waals surface area contributed by atoms with Crippen LogP contribution in [0.3, 0.4) is 0 Å². The van der Waals surface area contributed by atoms with Crippen molar-refractivity contribution in [1.29, 1.82) is 0 Å². The highest BCUT2D eigenvalue weighted by Crippen LogP contribution is 2.55. The van der Waals surface area contributed by atoms with Crippen LogP contribution in [0.5, 0.6) is 0 Å². The van der Waals surface area contributed by atoms with E-state index in [9.17, 15) is 5.11 Å². The zero-order valence-corrected chi connectivity index (χ0v) is 20.5. The number of ether oxygens (including phenoxy) is 1. The van der Waals surface area contributed by atoms with E-state index in [-0.39, 0.29) is 17.6 Å². The highest BCUT2D eigenvalue weighted by molar-refractivity contribution is 5.88. The molecule has 5 nitrogen and oxygen atoms in total. The molecule has 0 spiro atoms. The van der Waals surface area contributed by atoms with Crippen LogP contribution < -0.4 is 0 Å². The molecule has 3 unspecified atom stereocenters. The molecule has 0 bridgehead atoms. The van der Waals surface area contributed by atoms with E-state index in [1.54, 1.807) is 6.26 Å². The second kappa shape index (κ2) is 8.77. The van der Waals surface area contributed by atoms with Crippen LogP contribution in [0.1, 0.15) is 42.4 Å². The molecule has 4 atom stereocenters. The predicted molar refractivity (Wildman–Crippen MR) is 140 cm³/mol. The fourth-order valence-electron chi connectivity index (χ4n) is 5.65. The van der Waals surface area contributed by atoms with Crippen molar-refractivity contribution in [1.82, 2.24) is 4.90 Å². The van der Waals surface area contributed by atoms with Crippen LogP contribution in [-0.2, 0) is 10.3 Å². The van der Waals surface area contributed by atoms with Crippen LogP contribution in [0.4, 0.5) is 0 Å². The number of benzene rings is 3. The van der Waals surface area contributed by atoms with Gasteiger partial charge in [-0.2, -0.15) is 0 Å². The summed E-state index contributed by atoms with van der Waals surface area (Å²) in [5, 5.41) is 11.6. The van der Waals surface area contributed by atoms with Crippen molar-refractivity contribution in [2.24, 2.45) is 4.99 Å². The van der Waals surface area contributed by atoms with Crippen LogP contribution in [0.25, 0.3) is 0 Å². The Kier molecular flexibility index (Phi) is 5.55. The molecular formula is C31H30N2O3. The van der Waals surface area contributed by atoms with Crippen LogP contribution >= 0.6 is 0 Å². The highest BCUT2D eigenvalue weighted by Gasteiger charge is 2.66. The average molecular weight is 479 g/mol. The first kappa shape index (κ1) is 22.8. The van der Waals surface area contributed by atoms with E-state index in [4.69, 9.17) is 14.1 Å². The number of hydrogen-bond donors (Lipinski definition) is 1. The molecule has 1 N–H and O–H groups in total. The largest absolute Gasteiger partial charge is 0.477 e. The SMILES string of the molecule is CC1(C)COC(C2C([C@H](O)c3ccco3)N2C(c2ccccc2)(c2ccccc2)c2ccccc2)=N1. The molecule has 5 heteroatoms. The Morgan fingerprint density at radius 1 is 0.833 bits per heavy atom. The summed E-state index contributed by atoms with van der Waals surface area (Å²) in [6.45, 7) is 4.66. The summed E-state index contributed by atoms with van der Waals surface area (Å²) in [6, 6.07) is 34.6. The molecule has 3 heterocycles. The van der Waals surface area contributed by atoms with Crippen molar-refractivity contribution in [2.75, 3.05) is 6.61 Å². The molecule has 3 aromatic carbocycles. The zero-order valence-electron chi connectivity index (χ0n) is 20.5. The van der Waals surface area contributed by atoms with Crippen molar-refractivity contribution < 1.29 is 14.3 Å². The predicted octanol–water partition coefficient (Wildman–Crippen LogP) is 5.57. The van der Waals surface area contributed by atoms with E-state index in [1.807, 2.05) is 30.3 Å². The molecule has 36 heavy (non-hydrogen) atoms. The molecule has 182 valence electrons. The van der Waals surface area contributed by atoms with E-state index in [0.717, 1.165) is 16.7 Å². The monoisotopic (exact) mass is 478 g/mol. The number of aliphatic hydroxyl groups excluding tert-OH is 1. The third-order valence-corrected chi connectivity index (χ3v) is 7.21. The number of nitrogens with zero attached hydrogens (tertiary/aromatic N) is 2. The van der Waals surface area contributed by atoms with E-state index in [2.05, 4.69) is 91.5 Å². The van der Waals surface area contributed by atoms with E-state index in [0.29, 0.717) is 18.3 Å². The van der Waals surface area contributed by atoms with Gasteiger partial charge in [0.15, 0.2) is 0 Å². The Morgan fingerprint density at radius 2 is 1.36 bits per heavy atom. The minimum Gasteiger partial charge on any atom is -0.477 e. The fourth-order valence-corrected chi connectivity index (χ4v) is 5.65. The lowest BCUT2D eigenvalue weighted by Crippen LogP contribution is -2.41. The smallest absolute Gasteiger partial charge is 0.203 e. The molecular weight excluding hydrogens is 448 g/mol. The number of aliphatic hydroxyl groups is 1. The van der Waals surface area contributed by atoms with Gasteiger partial charge in [0, 0.05) is 0 Å². The van der Waals surface area contributed by atoms with Crippen molar-refractivity contribution in [3.63, 3.8) is 0 Å². The maximum absolute atomic E-state index is 11.6. The molecule has 0 aliphatic carbocycles. The molecule has 0 amide bonds. The van der Waals surface area contributed by atoms with Crippen LogP contribution in [-0.4, -0.2) is 40.1 Å². The number of rotatable bonds is 7. The van der Waals surface area contributed by atoms with Crippen molar-refractivity contribution >= 4 is 5.90 Å². The topological polar surface area (TPSA) is 58.0 Å². The molecule has 0 radical (unpaired) electrons. The average Bonchev–Trinajstić information content (AvgIpc) is 3.22. The molecule has 1 aromatic heterocycles. The Bertz CT molecular complexity index is 1240. The minimum atomic E-state index is -0.851. The second-order valence-corrected chi connectivity index (χ2v) is 10.2. The van der Waals surface area contributed by atoms with Gasteiger partial charge in [0.25, 0.3) is 0 Å². The Morgan fingerprint density at radius 3 is 1.78 bits per heavy atom. The lowest BCUT2D eigenvalue weighted by molar-refractivity contribution is 0.119. The van der Waals surface area contributed by atoms with Crippen LogP contribution in [0.2, 0.25) is 0 Å². The van der Waals surface area contributed by atoms with Crippen LogP contribution in [0.15, 0.2) is 119 Å². The fraction of sp³-hybridized carbons (Fsp3) is 0.258. The number of furan rings is 1. The molecule has 2 aliphatic heterocycles. The molecule has 4 aromatic rings.